The molecule has 4 heteroatoms. The highest BCUT2D eigenvalue weighted by Crippen LogP contribution is 2.55. The monoisotopic (exact) mass is 256 g/mol. The molecule has 0 unspecified atom stereocenters. The fourth-order valence-electron chi connectivity index (χ4n) is 3.60. The van der Waals surface area contributed by atoms with Crippen LogP contribution in [-0.4, -0.2) is 40.6 Å². The predicted molar refractivity (Wildman–Crippen MR) is 69.7 cm³/mol. The van der Waals surface area contributed by atoms with E-state index in [-0.39, 0.29) is 11.6 Å². The van der Waals surface area contributed by atoms with Gasteiger partial charge in [-0.1, -0.05) is 0 Å². The predicted octanol–water partition coefficient (Wildman–Crippen LogP) is 1.78. The quantitative estimate of drug-likeness (QED) is 0.597. The van der Waals surface area contributed by atoms with Gasteiger partial charge in [-0.25, -0.2) is 4.79 Å². The second-order valence-corrected chi connectivity index (χ2v) is 5.73. The number of piperidine rings is 1. The Labute approximate surface area is 112 Å². The van der Waals surface area contributed by atoms with Gasteiger partial charge in [0.05, 0.1) is 5.56 Å². The Hall–Kier alpha value is -1.68. The molecule has 2 aliphatic heterocycles. The van der Waals surface area contributed by atoms with E-state index in [1.54, 1.807) is 24.5 Å². The lowest BCUT2D eigenvalue weighted by Gasteiger charge is -2.35. The van der Waals surface area contributed by atoms with Crippen molar-refractivity contribution >= 4 is 5.97 Å². The van der Waals surface area contributed by atoms with Gasteiger partial charge in [-0.2, -0.15) is 0 Å². The van der Waals surface area contributed by atoms with Gasteiger partial charge < -0.3 is 4.74 Å². The molecule has 3 aliphatic rings. The molecule has 0 N–H and O–H groups in total. The number of hydrogen-bond donors (Lipinski definition) is 0. The van der Waals surface area contributed by atoms with Gasteiger partial charge in [0.15, 0.2) is 5.60 Å². The van der Waals surface area contributed by atoms with E-state index in [4.69, 9.17) is 4.74 Å². The second kappa shape index (κ2) is 3.67. The molecule has 0 spiro atoms. The van der Waals surface area contributed by atoms with Gasteiger partial charge in [-0.15, -0.1) is 0 Å². The summed E-state index contributed by atoms with van der Waals surface area (Å²) in [7, 11) is 2.18. The van der Waals surface area contributed by atoms with Crippen LogP contribution in [0.4, 0.5) is 0 Å². The topological polar surface area (TPSA) is 42.4 Å². The molecule has 0 saturated carbocycles. The molecule has 19 heavy (non-hydrogen) atoms. The van der Waals surface area contributed by atoms with E-state index in [1.165, 1.54) is 18.4 Å². The van der Waals surface area contributed by atoms with Crippen molar-refractivity contribution in [1.82, 2.24) is 9.88 Å². The van der Waals surface area contributed by atoms with Gasteiger partial charge in [0, 0.05) is 30.9 Å². The zero-order chi connectivity index (χ0) is 13.0. The fourth-order valence-corrected chi connectivity index (χ4v) is 3.60. The molecule has 1 aromatic rings. The van der Waals surface area contributed by atoms with Gasteiger partial charge in [0.1, 0.15) is 0 Å². The van der Waals surface area contributed by atoms with Crippen LogP contribution < -0.4 is 0 Å². The van der Waals surface area contributed by atoms with Crippen molar-refractivity contribution in [2.24, 2.45) is 0 Å². The third-order valence-electron chi connectivity index (χ3n) is 4.72. The van der Waals surface area contributed by atoms with Crippen LogP contribution in [0.1, 0.15) is 29.6 Å². The lowest BCUT2D eigenvalue weighted by atomic mass is 9.98. The van der Waals surface area contributed by atoms with Crippen LogP contribution in [-0.2, 0) is 4.74 Å². The number of pyridine rings is 1. The van der Waals surface area contributed by atoms with Crippen molar-refractivity contribution in [3.63, 3.8) is 0 Å². The Morgan fingerprint density at radius 1 is 1.42 bits per heavy atom. The third-order valence-corrected chi connectivity index (χ3v) is 4.72. The minimum Gasteiger partial charge on any atom is -0.446 e. The van der Waals surface area contributed by atoms with E-state index >= 15 is 0 Å². The van der Waals surface area contributed by atoms with E-state index in [2.05, 4.69) is 23.0 Å². The molecule has 2 saturated heterocycles. The van der Waals surface area contributed by atoms with Crippen LogP contribution in [0.3, 0.4) is 0 Å². The number of rotatable bonds is 2. The molecule has 0 aromatic carbocycles. The number of nitrogens with zero attached hydrogens (tertiary/aromatic N) is 2. The summed E-state index contributed by atoms with van der Waals surface area (Å²) in [5, 5.41) is 0. The number of carbonyl (C=O) groups excluding carboxylic acids is 1. The highest BCUT2D eigenvalue weighted by atomic mass is 16.6. The smallest absolute Gasteiger partial charge is 0.339 e. The number of fused-ring (bicyclic) bond motifs is 4. The standard InChI is InChI=1S/C15H16N2O2/c1-17-11-2-3-13(17)12-9-15(12,8-11)19-14(18)10-4-6-16-7-5-10/h4-7,9,11,13H,2-3,8H2,1H3/t11-,13+,15+/m0/s1. The summed E-state index contributed by atoms with van der Waals surface area (Å²) < 4.78 is 5.78. The number of esters is 1. The van der Waals surface area contributed by atoms with E-state index in [0.717, 1.165) is 6.42 Å². The first-order valence-electron chi connectivity index (χ1n) is 6.78. The summed E-state index contributed by atoms with van der Waals surface area (Å²) in [6.07, 6.45) is 8.72. The Kier molecular flexibility index (Phi) is 2.16. The van der Waals surface area contributed by atoms with Crippen molar-refractivity contribution in [3.05, 3.63) is 41.7 Å². The zero-order valence-electron chi connectivity index (χ0n) is 10.9. The number of hydrogen-bond acceptors (Lipinski definition) is 4. The van der Waals surface area contributed by atoms with Crippen LogP contribution >= 0.6 is 0 Å². The second-order valence-electron chi connectivity index (χ2n) is 5.73. The number of likely N-dealkylation sites (N-methyl/N-ethyl adjacent to an activating group) is 1. The first-order valence-corrected chi connectivity index (χ1v) is 6.78. The van der Waals surface area contributed by atoms with Crippen molar-refractivity contribution in [3.8, 4) is 0 Å². The highest BCUT2D eigenvalue weighted by molar-refractivity contribution is 5.90. The fraction of sp³-hybridized carbons (Fsp3) is 0.467. The van der Waals surface area contributed by atoms with Crippen molar-refractivity contribution in [1.29, 1.82) is 0 Å². The molecule has 0 amide bonds. The van der Waals surface area contributed by atoms with Gasteiger partial charge in [0.25, 0.3) is 0 Å². The summed E-state index contributed by atoms with van der Waals surface area (Å²) in [5.41, 5.74) is 1.53. The normalized spacial score (nSPS) is 35.5. The minimum atomic E-state index is -0.362. The van der Waals surface area contributed by atoms with E-state index in [9.17, 15) is 4.79 Å². The Balaban J connectivity index is 1.53. The molecule has 3 atom stereocenters. The van der Waals surface area contributed by atoms with Crippen LogP contribution in [0.25, 0.3) is 0 Å². The van der Waals surface area contributed by atoms with Crippen LogP contribution in [0, 0.1) is 0 Å². The number of carbonyl (C=O) groups is 1. The third kappa shape index (κ3) is 1.56. The molecule has 2 bridgehead atoms. The molecular weight excluding hydrogens is 240 g/mol. The summed E-state index contributed by atoms with van der Waals surface area (Å²) in [5.74, 6) is -0.238. The molecule has 0 radical (unpaired) electrons. The number of aromatic nitrogens is 1. The molecule has 1 aliphatic carbocycles. The Morgan fingerprint density at radius 2 is 2.21 bits per heavy atom. The molecule has 2 fully saturated rings. The van der Waals surface area contributed by atoms with E-state index in [0.29, 0.717) is 17.6 Å². The molecule has 1 aromatic heterocycles. The molecule has 98 valence electrons. The van der Waals surface area contributed by atoms with Gasteiger partial charge in [0.2, 0.25) is 0 Å². The van der Waals surface area contributed by atoms with E-state index < -0.39 is 0 Å². The Bertz CT molecular complexity index is 569. The van der Waals surface area contributed by atoms with Gasteiger partial charge in [-0.3, -0.25) is 9.88 Å². The van der Waals surface area contributed by atoms with Gasteiger partial charge >= 0.3 is 5.97 Å². The maximum Gasteiger partial charge on any atom is 0.339 e. The average Bonchev–Trinajstić information content (AvgIpc) is 3.04. The minimum absolute atomic E-state index is 0.238. The lowest BCUT2D eigenvalue weighted by molar-refractivity contribution is 0.0103. The van der Waals surface area contributed by atoms with Crippen molar-refractivity contribution in [2.45, 2.75) is 36.9 Å². The van der Waals surface area contributed by atoms with Crippen molar-refractivity contribution < 1.29 is 9.53 Å². The largest absolute Gasteiger partial charge is 0.446 e. The first kappa shape index (κ1) is 11.2. The maximum absolute atomic E-state index is 12.2. The summed E-state index contributed by atoms with van der Waals surface area (Å²) >= 11 is 0. The molecule has 4 nitrogen and oxygen atoms in total. The Morgan fingerprint density at radius 3 is 3.00 bits per heavy atom. The molecular formula is C15H16N2O2. The molecule has 4 rings (SSSR count). The van der Waals surface area contributed by atoms with Crippen LogP contribution in [0.15, 0.2) is 36.2 Å². The lowest BCUT2D eigenvalue weighted by Crippen LogP contribution is -2.44. The van der Waals surface area contributed by atoms with Gasteiger partial charge in [-0.05, 0) is 43.7 Å². The highest BCUT2D eigenvalue weighted by Gasteiger charge is 2.60. The number of ether oxygens (including phenoxy) is 1. The van der Waals surface area contributed by atoms with Crippen LogP contribution in [0.5, 0.6) is 0 Å². The molecule has 3 heterocycles. The average molecular weight is 256 g/mol. The first-order chi connectivity index (χ1) is 9.20. The maximum atomic E-state index is 12.2. The zero-order valence-corrected chi connectivity index (χ0v) is 10.9. The summed E-state index contributed by atoms with van der Waals surface area (Å²) in [4.78, 5) is 18.5. The summed E-state index contributed by atoms with van der Waals surface area (Å²) in [6, 6.07) is 4.44. The summed E-state index contributed by atoms with van der Waals surface area (Å²) in [6.45, 7) is 0. The van der Waals surface area contributed by atoms with E-state index in [1.807, 2.05) is 0 Å². The van der Waals surface area contributed by atoms with Crippen molar-refractivity contribution in [2.75, 3.05) is 7.05 Å². The van der Waals surface area contributed by atoms with Crippen LogP contribution in [0.2, 0.25) is 0 Å². The SMILES string of the molecule is CN1[C@H]2CC[C@@H]1C1=C[C@]1(OC(=O)c1ccncc1)C2.